The highest BCUT2D eigenvalue weighted by atomic mass is 79.9. The second kappa shape index (κ2) is 11.9. The van der Waals surface area contributed by atoms with Crippen LogP contribution in [0.4, 0.5) is 5.69 Å². The molecule has 0 spiro atoms. The summed E-state index contributed by atoms with van der Waals surface area (Å²) < 4.78 is 12.2. The number of hydrogen-bond donors (Lipinski definition) is 2. The highest BCUT2D eigenvalue weighted by molar-refractivity contribution is 9.10. The number of carbonyl (C=O) groups excluding carboxylic acids is 2. The van der Waals surface area contributed by atoms with Crippen molar-refractivity contribution >= 4 is 33.4 Å². The number of amides is 2. The lowest BCUT2D eigenvalue weighted by Crippen LogP contribution is -2.28. The number of aryl methyl sites for hydroxylation is 1. The largest absolute Gasteiger partial charge is 0.493 e. The third-order valence-electron chi connectivity index (χ3n) is 5.32. The minimum absolute atomic E-state index is 0.134. The molecule has 0 radical (unpaired) electrons. The molecule has 0 aliphatic carbocycles. The van der Waals surface area contributed by atoms with Gasteiger partial charge in [0.05, 0.1) is 7.11 Å². The van der Waals surface area contributed by atoms with Crippen LogP contribution >= 0.6 is 15.9 Å². The van der Waals surface area contributed by atoms with Gasteiger partial charge in [-0.3, -0.25) is 9.59 Å². The molecule has 7 nitrogen and oxygen atoms in total. The second-order valence-electron chi connectivity index (χ2n) is 7.77. The first-order chi connectivity index (χ1) is 15.5. The molecule has 0 saturated carbocycles. The summed E-state index contributed by atoms with van der Waals surface area (Å²) in [7, 11) is 1.58. The van der Waals surface area contributed by atoms with Gasteiger partial charge in [-0.05, 0) is 50.6 Å². The summed E-state index contributed by atoms with van der Waals surface area (Å²) in [6.07, 6.45) is 2.51. The van der Waals surface area contributed by atoms with E-state index in [-0.39, 0.29) is 18.4 Å². The van der Waals surface area contributed by atoms with Gasteiger partial charge in [0.2, 0.25) is 5.91 Å². The number of carbonyl (C=O) groups is 2. The van der Waals surface area contributed by atoms with Gasteiger partial charge in [-0.1, -0.05) is 33.6 Å². The Morgan fingerprint density at radius 3 is 2.66 bits per heavy atom. The summed E-state index contributed by atoms with van der Waals surface area (Å²) in [5, 5.41) is 6.24. The highest BCUT2D eigenvalue weighted by Gasteiger charge is 2.19. The first-order valence-electron chi connectivity index (χ1n) is 10.8. The molecule has 0 bridgehead atoms. The van der Waals surface area contributed by atoms with Crippen molar-refractivity contribution < 1.29 is 19.1 Å². The zero-order chi connectivity index (χ0) is 22.9. The summed E-state index contributed by atoms with van der Waals surface area (Å²) in [5.41, 5.74) is 2.73. The summed E-state index contributed by atoms with van der Waals surface area (Å²) in [6, 6.07) is 11.3. The monoisotopic (exact) mass is 503 g/mol. The summed E-state index contributed by atoms with van der Waals surface area (Å²) in [6.45, 7) is 4.80. The Balaban J connectivity index is 1.55. The Morgan fingerprint density at radius 2 is 1.97 bits per heavy atom. The van der Waals surface area contributed by atoms with Crippen LogP contribution in [-0.2, 0) is 16.1 Å². The first-order valence-corrected chi connectivity index (χ1v) is 11.6. The SMILES string of the molecule is COc1ccc(Br)c(CNCCCN2CCCC2=O)c1OCC(=O)Nc1ccc(C)cc1. The molecule has 1 heterocycles. The van der Waals surface area contributed by atoms with Crippen LogP contribution in [0.1, 0.15) is 30.4 Å². The van der Waals surface area contributed by atoms with Crippen molar-refractivity contribution in [3.63, 3.8) is 0 Å². The molecule has 1 aliphatic rings. The molecule has 8 heteroatoms. The molecule has 3 rings (SSSR count). The maximum Gasteiger partial charge on any atom is 0.262 e. The van der Waals surface area contributed by atoms with Crippen LogP contribution in [0.3, 0.4) is 0 Å². The van der Waals surface area contributed by atoms with E-state index >= 15 is 0 Å². The predicted octanol–water partition coefficient (Wildman–Crippen LogP) is 3.89. The molecule has 2 amide bonds. The molecule has 1 aliphatic heterocycles. The van der Waals surface area contributed by atoms with Crippen LogP contribution in [-0.4, -0.2) is 50.1 Å². The van der Waals surface area contributed by atoms with E-state index in [1.54, 1.807) is 13.2 Å². The Hall–Kier alpha value is -2.58. The number of rotatable bonds is 11. The number of nitrogens with one attached hydrogen (secondary N) is 2. The van der Waals surface area contributed by atoms with E-state index < -0.39 is 0 Å². The van der Waals surface area contributed by atoms with Crippen molar-refractivity contribution in [3.8, 4) is 11.5 Å². The molecule has 1 saturated heterocycles. The normalized spacial score (nSPS) is 13.3. The molecule has 32 heavy (non-hydrogen) atoms. The van der Waals surface area contributed by atoms with Gasteiger partial charge in [0.15, 0.2) is 18.1 Å². The van der Waals surface area contributed by atoms with E-state index in [1.807, 2.05) is 42.2 Å². The van der Waals surface area contributed by atoms with E-state index in [1.165, 1.54) is 0 Å². The Morgan fingerprint density at radius 1 is 1.19 bits per heavy atom. The van der Waals surface area contributed by atoms with Gasteiger partial charge in [-0.15, -0.1) is 0 Å². The van der Waals surface area contributed by atoms with Gasteiger partial charge in [0, 0.05) is 41.8 Å². The number of benzene rings is 2. The molecule has 1 fully saturated rings. The zero-order valence-corrected chi connectivity index (χ0v) is 20.2. The van der Waals surface area contributed by atoms with Gasteiger partial charge in [0.1, 0.15) is 0 Å². The maximum absolute atomic E-state index is 12.4. The van der Waals surface area contributed by atoms with Crippen molar-refractivity contribution in [1.82, 2.24) is 10.2 Å². The molecular weight excluding hydrogens is 474 g/mol. The Kier molecular flexibility index (Phi) is 8.93. The summed E-state index contributed by atoms with van der Waals surface area (Å²) in [5.74, 6) is 1.10. The number of nitrogens with zero attached hydrogens (tertiary/aromatic N) is 1. The van der Waals surface area contributed by atoms with Crippen LogP contribution in [0.5, 0.6) is 11.5 Å². The Bertz CT molecular complexity index is 934. The van der Waals surface area contributed by atoms with Gasteiger partial charge in [-0.25, -0.2) is 0 Å². The van der Waals surface area contributed by atoms with E-state index in [0.717, 1.165) is 53.8 Å². The van der Waals surface area contributed by atoms with Crippen molar-refractivity contribution in [1.29, 1.82) is 0 Å². The van der Waals surface area contributed by atoms with Crippen molar-refractivity contribution in [3.05, 3.63) is 52.0 Å². The molecule has 2 aromatic rings. The number of ether oxygens (including phenoxy) is 2. The van der Waals surface area contributed by atoms with Gasteiger partial charge in [0.25, 0.3) is 5.91 Å². The van der Waals surface area contributed by atoms with Crippen LogP contribution in [0.25, 0.3) is 0 Å². The third kappa shape index (κ3) is 6.71. The number of halogens is 1. The highest BCUT2D eigenvalue weighted by Crippen LogP contribution is 2.36. The second-order valence-corrected chi connectivity index (χ2v) is 8.63. The lowest BCUT2D eigenvalue weighted by molar-refractivity contribution is -0.127. The molecule has 2 N–H and O–H groups in total. The van der Waals surface area contributed by atoms with Gasteiger partial charge < -0.3 is 25.0 Å². The van der Waals surface area contributed by atoms with E-state index in [2.05, 4.69) is 26.6 Å². The fourth-order valence-electron chi connectivity index (χ4n) is 3.59. The minimum atomic E-state index is -0.245. The number of likely N-dealkylation sites (tertiary alicyclic amines) is 1. The average Bonchev–Trinajstić information content (AvgIpc) is 3.19. The molecule has 0 atom stereocenters. The number of anilines is 1. The maximum atomic E-state index is 12.4. The molecule has 0 unspecified atom stereocenters. The van der Waals surface area contributed by atoms with E-state index in [9.17, 15) is 9.59 Å². The fourth-order valence-corrected chi connectivity index (χ4v) is 4.04. The first kappa shape index (κ1) is 24.1. The smallest absolute Gasteiger partial charge is 0.262 e. The fraction of sp³-hybridized carbons (Fsp3) is 0.417. The lowest BCUT2D eigenvalue weighted by Gasteiger charge is -2.18. The minimum Gasteiger partial charge on any atom is -0.493 e. The third-order valence-corrected chi connectivity index (χ3v) is 6.07. The van der Waals surface area contributed by atoms with Crippen molar-refractivity contribution in [2.75, 3.05) is 38.7 Å². The van der Waals surface area contributed by atoms with Gasteiger partial charge >= 0.3 is 0 Å². The van der Waals surface area contributed by atoms with Crippen LogP contribution in [0.15, 0.2) is 40.9 Å². The number of methoxy groups -OCH3 is 1. The average molecular weight is 504 g/mol. The standard InChI is InChI=1S/C24H30BrN3O4/c1-17-6-8-18(9-7-17)27-22(29)16-32-24-19(20(25)10-11-21(24)31-2)15-26-12-4-14-28-13-3-5-23(28)30/h6-11,26H,3-5,12-16H2,1-2H3,(H,27,29). The summed E-state index contributed by atoms with van der Waals surface area (Å²) in [4.78, 5) is 26.0. The topological polar surface area (TPSA) is 79.9 Å². The van der Waals surface area contributed by atoms with E-state index in [0.29, 0.717) is 24.5 Å². The quantitative estimate of drug-likeness (QED) is 0.454. The van der Waals surface area contributed by atoms with Crippen LogP contribution in [0, 0.1) is 6.92 Å². The van der Waals surface area contributed by atoms with Crippen LogP contribution in [0.2, 0.25) is 0 Å². The Labute approximate surface area is 197 Å². The molecule has 0 aromatic heterocycles. The summed E-state index contributed by atoms with van der Waals surface area (Å²) >= 11 is 3.58. The molecular formula is C24H30BrN3O4. The molecule has 2 aromatic carbocycles. The number of hydrogen-bond acceptors (Lipinski definition) is 5. The molecule has 172 valence electrons. The van der Waals surface area contributed by atoms with Crippen LogP contribution < -0.4 is 20.1 Å². The lowest BCUT2D eigenvalue weighted by atomic mass is 10.1. The van der Waals surface area contributed by atoms with Crippen molar-refractivity contribution in [2.24, 2.45) is 0 Å². The van der Waals surface area contributed by atoms with Gasteiger partial charge in [-0.2, -0.15) is 0 Å². The van der Waals surface area contributed by atoms with Crippen molar-refractivity contribution in [2.45, 2.75) is 32.7 Å². The predicted molar refractivity (Wildman–Crippen MR) is 128 cm³/mol. The van der Waals surface area contributed by atoms with E-state index in [4.69, 9.17) is 9.47 Å². The zero-order valence-electron chi connectivity index (χ0n) is 18.6.